The van der Waals surface area contributed by atoms with E-state index in [1.165, 1.54) is 0 Å². The number of benzene rings is 1. The molecule has 0 atom stereocenters. The zero-order valence-electron chi connectivity index (χ0n) is 9.28. The minimum absolute atomic E-state index is 0.356. The maximum atomic E-state index is 6.03. The number of aromatic nitrogens is 1. The van der Waals surface area contributed by atoms with Gasteiger partial charge in [-0.15, -0.1) is 11.6 Å². The number of alkyl halides is 1. The predicted octanol–water partition coefficient (Wildman–Crippen LogP) is 4.55. The molecule has 0 N–H and O–H groups in total. The fourth-order valence-corrected chi connectivity index (χ4v) is 1.86. The van der Waals surface area contributed by atoms with E-state index in [4.69, 9.17) is 27.6 Å². The van der Waals surface area contributed by atoms with Crippen LogP contribution in [0.2, 0.25) is 5.02 Å². The van der Waals surface area contributed by atoms with E-state index in [1.54, 1.807) is 6.08 Å². The van der Waals surface area contributed by atoms with Gasteiger partial charge in [0.15, 0.2) is 0 Å². The molecule has 0 bridgehead atoms. The van der Waals surface area contributed by atoms with E-state index >= 15 is 0 Å². The molecule has 0 radical (unpaired) electrons. The average Bonchev–Trinajstić information content (AvgIpc) is 2.69. The third-order valence-corrected chi connectivity index (χ3v) is 2.94. The molecule has 2 nitrogen and oxygen atoms in total. The standard InChI is InChI=1S/C13H11Cl2NO/c1-9-12(8-14)16-13(17-9)7-6-10-4-2-3-5-11(10)15/h2-7H,8H2,1H3. The first-order valence-electron chi connectivity index (χ1n) is 5.15. The van der Waals surface area contributed by atoms with Crippen molar-refractivity contribution in [3.63, 3.8) is 0 Å². The molecule has 0 unspecified atom stereocenters. The molecule has 1 aromatic heterocycles. The number of aryl methyl sites for hydroxylation is 1. The van der Waals surface area contributed by atoms with E-state index < -0.39 is 0 Å². The van der Waals surface area contributed by atoms with Crippen molar-refractivity contribution in [2.24, 2.45) is 0 Å². The number of oxazole rings is 1. The molecule has 0 aliphatic carbocycles. The molecule has 2 aromatic rings. The lowest BCUT2D eigenvalue weighted by Crippen LogP contribution is -1.79. The van der Waals surface area contributed by atoms with Crippen molar-refractivity contribution < 1.29 is 4.42 Å². The van der Waals surface area contributed by atoms with Gasteiger partial charge in [-0.2, -0.15) is 0 Å². The summed E-state index contributed by atoms with van der Waals surface area (Å²) in [5, 5.41) is 0.699. The summed E-state index contributed by atoms with van der Waals surface area (Å²) in [4.78, 5) is 4.24. The molecule has 2 rings (SSSR count). The molecule has 4 heteroatoms. The minimum Gasteiger partial charge on any atom is -0.442 e. The van der Waals surface area contributed by atoms with E-state index in [1.807, 2.05) is 37.3 Å². The summed E-state index contributed by atoms with van der Waals surface area (Å²) < 4.78 is 5.44. The number of hydrogen-bond acceptors (Lipinski definition) is 2. The zero-order chi connectivity index (χ0) is 12.3. The summed E-state index contributed by atoms with van der Waals surface area (Å²) in [5.74, 6) is 1.65. The fourth-order valence-electron chi connectivity index (χ4n) is 1.42. The number of rotatable bonds is 3. The molecule has 88 valence electrons. The molecule has 0 amide bonds. The lowest BCUT2D eigenvalue weighted by Gasteiger charge is -1.94. The highest BCUT2D eigenvalue weighted by Gasteiger charge is 2.05. The van der Waals surface area contributed by atoms with Crippen molar-refractivity contribution >= 4 is 35.4 Å². The highest BCUT2D eigenvalue weighted by molar-refractivity contribution is 6.32. The minimum atomic E-state index is 0.356. The molecular formula is C13H11Cl2NO. The SMILES string of the molecule is Cc1oc(C=Cc2ccccc2Cl)nc1CCl. The van der Waals surface area contributed by atoms with Gasteiger partial charge in [0.2, 0.25) is 5.89 Å². The Labute approximate surface area is 110 Å². The maximum absolute atomic E-state index is 6.03. The molecule has 0 saturated heterocycles. The summed E-state index contributed by atoms with van der Waals surface area (Å²) in [5.41, 5.74) is 1.70. The normalized spacial score (nSPS) is 11.2. The topological polar surface area (TPSA) is 26.0 Å². The van der Waals surface area contributed by atoms with Crippen LogP contribution in [0, 0.1) is 6.92 Å². The lowest BCUT2D eigenvalue weighted by atomic mass is 10.2. The van der Waals surface area contributed by atoms with Gasteiger partial charge in [-0.25, -0.2) is 4.98 Å². The molecule has 0 saturated carbocycles. The van der Waals surface area contributed by atoms with Crippen LogP contribution in [0.4, 0.5) is 0 Å². The van der Waals surface area contributed by atoms with Crippen molar-refractivity contribution in [1.82, 2.24) is 4.98 Å². The Balaban J connectivity index is 2.23. The quantitative estimate of drug-likeness (QED) is 0.763. The van der Waals surface area contributed by atoms with Gasteiger partial charge in [-0.05, 0) is 24.6 Å². The van der Waals surface area contributed by atoms with E-state index in [0.29, 0.717) is 16.8 Å². The molecule has 0 spiro atoms. The van der Waals surface area contributed by atoms with Crippen molar-refractivity contribution in [3.05, 3.63) is 52.2 Å². The summed E-state index contributed by atoms with van der Waals surface area (Å²) in [6.07, 6.45) is 3.65. The van der Waals surface area contributed by atoms with Crippen LogP contribution in [0.5, 0.6) is 0 Å². The number of halogens is 2. The van der Waals surface area contributed by atoms with E-state index in [0.717, 1.165) is 17.0 Å². The van der Waals surface area contributed by atoms with Crippen LogP contribution < -0.4 is 0 Å². The first kappa shape index (κ1) is 12.2. The molecule has 0 aliphatic rings. The smallest absolute Gasteiger partial charge is 0.219 e. The van der Waals surface area contributed by atoms with Crippen LogP contribution in [0.15, 0.2) is 28.7 Å². The van der Waals surface area contributed by atoms with Crippen LogP contribution in [-0.2, 0) is 5.88 Å². The van der Waals surface area contributed by atoms with Crippen LogP contribution >= 0.6 is 23.2 Å². The second-order valence-electron chi connectivity index (χ2n) is 3.54. The highest BCUT2D eigenvalue weighted by atomic mass is 35.5. The Hall–Kier alpha value is -1.25. The molecule has 0 fully saturated rings. The average molecular weight is 268 g/mol. The number of nitrogens with zero attached hydrogens (tertiary/aromatic N) is 1. The third kappa shape index (κ3) is 2.90. The van der Waals surface area contributed by atoms with E-state index in [9.17, 15) is 0 Å². The Morgan fingerprint density at radius 1 is 1.29 bits per heavy atom. The van der Waals surface area contributed by atoms with Gasteiger partial charge in [0.1, 0.15) is 5.76 Å². The summed E-state index contributed by atoms with van der Waals surface area (Å²) >= 11 is 11.8. The second-order valence-corrected chi connectivity index (χ2v) is 4.22. The summed E-state index contributed by atoms with van der Waals surface area (Å²) in [6.45, 7) is 1.84. The van der Waals surface area contributed by atoms with E-state index in [-0.39, 0.29) is 0 Å². The van der Waals surface area contributed by atoms with Gasteiger partial charge in [0, 0.05) is 11.1 Å². The van der Waals surface area contributed by atoms with Gasteiger partial charge in [-0.1, -0.05) is 29.8 Å². The van der Waals surface area contributed by atoms with Crippen molar-refractivity contribution in [2.45, 2.75) is 12.8 Å². The first-order chi connectivity index (χ1) is 8.20. The van der Waals surface area contributed by atoms with Crippen molar-refractivity contribution in [2.75, 3.05) is 0 Å². The molecule has 0 aliphatic heterocycles. The van der Waals surface area contributed by atoms with Crippen LogP contribution in [0.1, 0.15) is 22.9 Å². The molecule has 17 heavy (non-hydrogen) atoms. The number of hydrogen-bond donors (Lipinski definition) is 0. The Bertz CT molecular complexity index is 546. The zero-order valence-corrected chi connectivity index (χ0v) is 10.8. The fraction of sp³-hybridized carbons (Fsp3) is 0.154. The third-order valence-electron chi connectivity index (χ3n) is 2.35. The van der Waals surface area contributed by atoms with Crippen LogP contribution in [0.3, 0.4) is 0 Å². The molecular weight excluding hydrogens is 257 g/mol. The van der Waals surface area contributed by atoms with Gasteiger partial charge < -0.3 is 4.42 Å². The largest absolute Gasteiger partial charge is 0.442 e. The van der Waals surface area contributed by atoms with Gasteiger partial charge >= 0.3 is 0 Å². The molecule has 1 aromatic carbocycles. The van der Waals surface area contributed by atoms with Gasteiger partial charge in [0.05, 0.1) is 11.6 Å². The summed E-state index contributed by atoms with van der Waals surface area (Å²) in [7, 11) is 0. The van der Waals surface area contributed by atoms with Crippen molar-refractivity contribution in [1.29, 1.82) is 0 Å². The van der Waals surface area contributed by atoms with Crippen LogP contribution in [-0.4, -0.2) is 4.98 Å². The maximum Gasteiger partial charge on any atom is 0.219 e. The monoisotopic (exact) mass is 267 g/mol. The van der Waals surface area contributed by atoms with Crippen molar-refractivity contribution in [3.8, 4) is 0 Å². The Morgan fingerprint density at radius 2 is 2.06 bits per heavy atom. The highest BCUT2D eigenvalue weighted by Crippen LogP contribution is 2.19. The Kier molecular flexibility index (Phi) is 3.87. The lowest BCUT2D eigenvalue weighted by molar-refractivity contribution is 0.515. The summed E-state index contributed by atoms with van der Waals surface area (Å²) in [6, 6.07) is 7.58. The molecule has 1 heterocycles. The first-order valence-corrected chi connectivity index (χ1v) is 6.07. The second kappa shape index (κ2) is 5.39. The van der Waals surface area contributed by atoms with Gasteiger partial charge in [-0.3, -0.25) is 0 Å². The Morgan fingerprint density at radius 3 is 2.71 bits per heavy atom. The predicted molar refractivity (Wildman–Crippen MR) is 71.2 cm³/mol. The van der Waals surface area contributed by atoms with Crippen LogP contribution in [0.25, 0.3) is 12.2 Å². The van der Waals surface area contributed by atoms with E-state index in [2.05, 4.69) is 4.98 Å². The van der Waals surface area contributed by atoms with Gasteiger partial charge in [0.25, 0.3) is 0 Å².